The minimum Gasteiger partial charge on any atom is -0.489 e. The van der Waals surface area contributed by atoms with Gasteiger partial charge in [0, 0.05) is 43.3 Å². The summed E-state index contributed by atoms with van der Waals surface area (Å²) in [6, 6.07) is 19.7. The van der Waals surface area contributed by atoms with Gasteiger partial charge in [0.05, 0.1) is 0 Å². The molecule has 1 fully saturated rings. The summed E-state index contributed by atoms with van der Waals surface area (Å²) in [5, 5.41) is 0.681. The molecule has 32 heavy (non-hydrogen) atoms. The second-order valence-corrected chi connectivity index (χ2v) is 8.53. The van der Waals surface area contributed by atoms with E-state index in [1.165, 1.54) is 12.1 Å². The zero-order chi connectivity index (χ0) is 22.5. The molecule has 0 N–H and O–H groups in total. The lowest BCUT2D eigenvalue weighted by Crippen LogP contribution is -2.48. The van der Waals surface area contributed by atoms with Crippen LogP contribution < -0.4 is 4.74 Å². The number of hydrogen-bond acceptors (Lipinski definition) is 3. The molecule has 166 valence electrons. The molecule has 4 nitrogen and oxygen atoms in total. The summed E-state index contributed by atoms with van der Waals surface area (Å²) >= 11 is 6.00. The molecule has 1 aliphatic heterocycles. The van der Waals surface area contributed by atoms with Crippen molar-refractivity contribution < 1.29 is 13.9 Å². The molecular weight excluding hydrogens is 427 g/mol. The highest BCUT2D eigenvalue weighted by atomic mass is 35.5. The molecule has 1 saturated heterocycles. The van der Waals surface area contributed by atoms with Crippen molar-refractivity contribution >= 4 is 17.5 Å². The molecule has 0 bridgehead atoms. The summed E-state index contributed by atoms with van der Waals surface area (Å²) < 4.78 is 19.0. The number of piperazine rings is 1. The van der Waals surface area contributed by atoms with Gasteiger partial charge in [-0.05, 0) is 66.1 Å². The first-order chi connectivity index (χ1) is 15.5. The number of aryl methyl sites for hydroxylation is 1. The van der Waals surface area contributed by atoms with Gasteiger partial charge >= 0.3 is 0 Å². The zero-order valence-corrected chi connectivity index (χ0v) is 18.8. The maximum Gasteiger partial charge on any atom is 0.253 e. The minimum absolute atomic E-state index is 0.0379. The van der Waals surface area contributed by atoms with Crippen LogP contribution in [-0.4, -0.2) is 41.9 Å². The van der Waals surface area contributed by atoms with Gasteiger partial charge in [-0.1, -0.05) is 35.9 Å². The third kappa shape index (κ3) is 5.67. The van der Waals surface area contributed by atoms with E-state index < -0.39 is 0 Å². The summed E-state index contributed by atoms with van der Waals surface area (Å²) in [5.74, 6) is 0.597. The van der Waals surface area contributed by atoms with E-state index in [4.69, 9.17) is 16.3 Å². The first kappa shape index (κ1) is 22.3. The fourth-order valence-electron chi connectivity index (χ4n) is 3.87. The summed E-state index contributed by atoms with van der Waals surface area (Å²) in [4.78, 5) is 17.2. The van der Waals surface area contributed by atoms with Crippen LogP contribution in [0.2, 0.25) is 5.02 Å². The van der Waals surface area contributed by atoms with Crippen molar-refractivity contribution in [3.05, 3.63) is 99.8 Å². The van der Waals surface area contributed by atoms with Crippen LogP contribution in [0.15, 0.2) is 66.7 Å². The number of hydrogen-bond donors (Lipinski definition) is 0. The van der Waals surface area contributed by atoms with Crippen LogP contribution in [-0.2, 0) is 13.2 Å². The minimum atomic E-state index is -0.222. The average Bonchev–Trinajstić information content (AvgIpc) is 2.80. The van der Waals surface area contributed by atoms with Gasteiger partial charge in [0.1, 0.15) is 18.2 Å². The van der Waals surface area contributed by atoms with Gasteiger partial charge in [-0.15, -0.1) is 0 Å². The van der Waals surface area contributed by atoms with Gasteiger partial charge in [-0.25, -0.2) is 4.39 Å². The number of carbonyl (C=O) groups is 1. The highest BCUT2D eigenvalue weighted by molar-refractivity contribution is 6.30. The SMILES string of the molecule is Cc1cc(Cl)ccc1OCc1cccc(C(=O)N2CCN(Cc3ccc(F)cc3)CC2)c1. The molecular formula is C26H26ClFN2O2. The highest BCUT2D eigenvalue weighted by Gasteiger charge is 2.22. The maximum atomic E-state index is 13.1. The maximum absolute atomic E-state index is 13.1. The molecule has 0 radical (unpaired) electrons. The average molecular weight is 453 g/mol. The van der Waals surface area contributed by atoms with Gasteiger partial charge in [-0.2, -0.15) is 0 Å². The lowest BCUT2D eigenvalue weighted by molar-refractivity contribution is 0.0628. The fraction of sp³-hybridized carbons (Fsp3) is 0.269. The molecule has 4 rings (SSSR count). The van der Waals surface area contributed by atoms with Crippen molar-refractivity contribution in [3.63, 3.8) is 0 Å². The zero-order valence-electron chi connectivity index (χ0n) is 18.1. The molecule has 1 heterocycles. The second-order valence-electron chi connectivity index (χ2n) is 8.09. The monoisotopic (exact) mass is 452 g/mol. The van der Waals surface area contributed by atoms with Crippen molar-refractivity contribution in [1.29, 1.82) is 0 Å². The van der Waals surface area contributed by atoms with E-state index in [0.29, 0.717) is 30.3 Å². The van der Waals surface area contributed by atoms with Crippen LogP contribution >= 0.6 is 11.6 Å². The Morgan fingerprint density at radius 1 is 0.969 bits per heavy atom. The Bertz CT molecular complexity index is 1080. The van der Waals surface area contributed by atoms with Crippen LogP contribution in [0.3, 0.4) is 0 Å². The number of amides is 1. The van der Waals surface area contributed by atoms with Crippen molar-refractivity contribution in [1.82, 2.24) is 9.80 Å². The van der Waals surface area contributed by atoms with Gasteiger partial charge < -0.3 is 9.64 Å². The smallest absolute Gasteiger partial charge is 0.253 e. The number of ether oxygens (including phenoxy) is 1. The van der Waals surface area contributed by atoms with E-state index in [9.17, 15) is 9.18 Å². The molecule has 3 aromatic rings. The number of rotatable bonds is 6. The molecule has 6 heteroatoms. The van der Waals surface area contributed by atoms with Crippen molar-refractivity contribution in [2.24, 2.45) is 0 Å². The largest absolute Gasteiger partial charge is 0.489 e. The van der Waals surface area contributed by atoms with E-state index in [1.54, 1.807) is 6.07 Å². The number of halogens is 2. The number of benzene rings is 3. The summed E-state index contributed by atoms with van der Waals surface area (Å²) in [5.41, 5.74) is 3.67. The van der Waals surface area contributed by atoms with E-state index in [1.807, 2.05) is 60.4 Å². The van der Waals surface area contributed by atoms with Gasteiger partial charge in [0.25, 0.3) is 5.91 Å². The van der Waals surface area contributed by atoms with Crippen molar-refractivity contribution in [2.45, 2.75) is 20.1 Å². The van der Waals surface area contributed by atoms with E-state index in [0.717, 1.165) is 42.1 Å². The van der Waals surface area contributed by atoms with Crippen molar-refractivity contribution in [2.75, 3.05) is 26.2 Å². The van der Waals surface area contributed by atoms with Crippen molar-refractivity contribution in [3.8, 4) is 5.75 Å². The fourth-order valence-corrected chi connectivity index (χ4v) is 4.10. The highest BCUT2D eigenvalue weighted by Crippen LogP contribution is 2.23. The van der Waals surface area contributed by atoms with E-state index in [2.05, 4.69) is 4.90 Å². The summed E-state index contributed by atoms with van der Waals surface area (Å²) in [6.07, 6.45) is 0. The summed E-state index contributed by atoms with van der Waals surface area (Å²) in [7, 11) is 0. The first-order valence-corrected chi connectivity index (χ1v) is 11.1. The molecule has 0 atom stereocenters. The molecule has 0 unspecified atom stereocenters. The number of nitrogens with zero attached hydrogens (tertiary/aromatic N) is 2. The summed E-state index contributed by atoms with van der Waals surface area (Å²) in [6.45, 7) is 6.03. The normalized spacial score (nSPS) is 14.4. The molecule has 3 aromatic carbocycles. The Hall–Kier alpha value is -2.89. The van der Waals surface area contributed by atoms with E-state index in [-0.39, 0.29) is 11.7 Å². The quantitative estimate of drug-likeness (QED) is 0.507. The second kappa shape index (κ2) is 10.2. The van der Waals surface area contributed by atoms with Gasteiger partial charge in [0.15, 0.2) is 0 Å². The molecule has 0 aliphatic carbocycles. The van der Waals surface area contributed by atoms with Crippen LogP contribution in [0.4, 0.5) is 4.39 Å². The Morgan fingerprint density at radius 2 is 1.72 bits per heavy atom. The predicted octanol–water partition coefficient (Wildman–Crippen LogP) is 5.32. The molecule has 1 aliphatic rings. The predicted molar refractivity (Wildman–Crippen MR) is 125 cm³/mol. The standard InChI is InChI=1S/C26H26ClFN2O2/c1-19-15-23(27)7-10-25(19)32-18-21-3-2-4-22(16-21)26(31)30-13-11-29(12-14-30)17-20-5-8-24(28)9-6-20/h2-10,15-16H,11-14,17-18H2,1H3. The Morgan fingerprint density at radius 3 is 2.44 bits per heavy atom. The van der Waals surface area contributed by atoms with Gasteiger partial charge in [0.2, 0.25) is 0 Å². The lowest BCUT2D eigenvalue weighted by atomic mass is 10.1. The molecule has 0 aromatic heterocycles. The Kier molecular flexibility index (Phi) is 7.08. The molecule has 1 amide bonds. The van der Waals surface area contributed by atoms with Crippen LogP contribution in [0.25, 0.3) is 0 Å². The van der Waals surface area contributed by atoms with E-state index >= 15 is 0 Å². The Balaban J connectivity index is 1.32. The van der Waals surface area contributed by atoms with Crippen LogP contribution in [0, 0.1) is 12.7 Å². The Labute approximate surface area is 193 Å². The third-order valence-corrected chi connectivity index (χ3v) is 5.92. The molecule has 0 saturated carbocycles. The first-order valence-electron chi connectivity index (χ1n) is 10.7. The van der Waals surface area contributed by atoms with Crippen LogP contribution in [0.5, 0.6) is 5.75 Å². The topological polar surface area (TPSA) is 32.8 Å². The number of carbonyl (C=O) groups excluding carboxylic acids is 1. The lowest BCUT2D eigenvalue weighted by Gasteiger charge is -2.34. The van der Waals surface area contributed by atoms with Crippen LogP contribution in [0.1, 0.15) is 27.0 Å². The van der Waals surface area contributed by atoms with Gasteiger partial charge in [-0.3, -0.25) is 9.69 Å². The third-order valence-electron chi connectivity index (χ3n) is 5.68. The molecule has 0 spiro atoms.